The highest BCUT2D eigenvalue weighted by Gasteiger charge is 2.25. The number of amides is 2. The molecule has 1 aromatic heterocycles. The number of nitrogens with one attached hydrogen (secondary N) is 1. The average molecular weight is 315 g/mol. The predicted molar refractivity (Wildman–Crippen MR) is 85.8 cm³/mol. The van der Waals surface area contributed by atoms with Gasteiger partial charge in [-0.1, -0.05) is 30.3 Å². The fourth-order valence-corrected chi connectivity index (χ4v) is 2.73. The summed E-state index contributed by atoms with van der Waals surface area (Å²) in [5.41, 5.74) is 0.966. The molecule has 1 saturated heterocycles. The van der Waals surface area contributed by atoms with Crippen LogP contribution in [0.1, 0.15) is 19.7 Å². The first kappa shape index (κ1) is 15.6. The van der Waals surface area contributed by atoms with E-state index >= 15 is 0 Å². The highest BCUT2D eigenvalue weighted by Crippen LogP contribution is 2.19. The van der Waals surface area contributed by atoms with Crippen LogP contribution in [0, 0.1) is 0 Å². The molecule has 2 heterocycles. The van der Waals surface area contributed by atoms with Gasteiger partial charge in [0.1, 0.15) is 0 Å². The number of oxazole rings is 1. The minimum absolute atomic E-state index is 0.0518. The van der Waals surface area contributed by atoms with Gasteiger partial charge in [-0.15, -0.1) is 0 Å². The maximum Gasteiger partial charge on any atom is 0.318 e. The van der Waals surface area contributed by atoms with E-state index in [9.17, 15) is 4.79 Å². The van der Waals surface area contributed by atoms with Gasteiger partial charge in [0, 0.05) is 18.7 Å². The van der Waals surface area contributed by atoms with Gasteiger partial charge in [0.2, 0.25) is 5.89 Å². The fraction of sp³-hybridized carbons (Fsp3) is 0.412. The maximum atomic E-state index is 12.2. The smallest absolute Gasteiger partial charge is 0.318 e. The van der Waals surface area contributed by atoms with E-state index in [1.54, 1.807) is 11.1 Å². The van der Waals surface area contributed by atoms with Gasteiger partial charge < -0.3 is 19.4 Å². The number of urea groups is 1. The van der Waals surface area contributed by atoms with Crippen LogP contribution in [0.5, 0.6) is 0 Å². The number of nitrogens with zero attached hydrogens (tertiary/aromatic N) is 2. The van der Waals surface area contributed by atoms with Crippen molar-refractivity contribution in [1.82, 2.24) is 15.2 Å². The third-order valence-electron chi connectivity index (χ3n) is 3.71. The molecule has 2 aromatic rings. The summed E-state index contributed by atoms with van der Waals surface area (Å²) >= 11 is 0. The van der Waals surface area contributed by atoms with E-state index < -0.39 is 0 Å². The molecule has 1 aromatic carbocycles. The molecule has 1 fully saturated rings. The van der Waals surface area contributed by atoms with E-state index in [4.69, 9.17) is 9.15 Å². The average Bonchev–Trinajstić information content (AvgIpc) is 3.01. The van der Waals surface area contributed by atoms with Gasteiger partial charge in [-0.25, -0.2) is 9.78 Å². The lowest BCUT2D eigenvalue weighted by Crippen LogP contribution is -2.51. The van der Waals surface area contributed by atoms with Crippen LogP contribution in [0.3, 0.4) is 0 Å². The lowest BCUT2D eigenvalue weighted by molar-refractivity contribution is -0.0545. The van der Waals surface area contributed by atoms with Crippen LogP contribution < -0.4 is 5.32 Å². The van der Waals surface area contributed by atoms with Crippen molar-refractivity contribution in [1.29, 1.82) is 0 Å². The zero-order chi connectivity index (χ0) is 16.2. The number of rotatable bonds is 3. The Labute approximate surface area is 135 Å². The molecular formula is C17H21N3O3. The number of benzene rings is 1. The van der Waals surface area contributed by atoms with Gasteiger partial charge in [0.05, 0.1) is 24.9 Å². The summed E-state index contributed by atoms with van der Waals surface area (Å²) < 4.78 is 11.3. The van der Waals surface area contributed by atoms with E-state index in [1.807, 2.05) is 44.2 Å². The summed E-state index contributed by atoms with van der Waals surface area (Å²) in [7, 11) is 0. The van der Waals surface area contributed by atoms with Gasteiger partial charge in [-0.2, -0.15) is 0 Å². The lowest BCUT2D eigenvalue weighted by atomic mass is 10.2. The molecule has 0 radical (unpaired) electrons. The number of aromatic nitrogens is 1. The number of carbonyl (C=O) groups is 1. The van der Waals surface area contributed by atoms with E-state index in [0.29, 0.717) is 24.7 Å². The molecular weight excluding hydrogens is 294 g/mol. The first-order chi connectivity index (χ1) is 11.1. The summed E-state index contributed by atoms with van der Waals surface area (Å²) in [4.78, 5) is 18.2. The van der Waals surface area contributed by atoms with Crippen molar-refractivity contribution < 1.29 is 13.9 Å². The Morgan fingerprint density at radius 2 is 1.96 bits per heavy atom. The molecule has 3 rings (SSSR count). The first-order valence-electron chi connectivity index (χ1n) is 7.80. The molecule has 1 N–H and O–H groups in total. The zero-order valence-corrected chi connectivity index (χ0v) is 13.4. The molecule has 1 aliphatic rings. The summed E-state index contributed by atoms with van der Waals surface area (Å²) in [6.07, 6.45) is 1.78. The highest BCUT2D eigenvalue weighted by molar-refractivity contribution is 5.74. The Bertz CT molecular complexity index is 646. The van der Waals surface area contributed by atoms with E-state index in [0.717, 1.165) is 5.56 Å². The number of carbonyl (C=O) groups excluding carboxylic acids is 1. The normalized spacial score (nSPS) is 21.2. The summed E-state index contributed by atoms with van der Waals surface area (Å²) in [6.45, 7) is 5.39. The molecule has 2 amide bonds. The fourth-order valence-electron chi connectivity index (χ4n) is 2.73. The number of morpholine rings is 1. The van der Waals surface area contributed by atoms with Crippen molar-refractivity contribution in [3.8, 4) is 11.3 Å². The van der Waals surface area contributed by atoms with Gasteiger partial charge in [-0.3, -0.25) is 0 Å². The van der Waals surface area contributed by atoms with Crippen LogP contribution in [-0.2, 0) is 11.3 Å². The number of ether oxygens (including phenoxy) is 1. The van der Waals surface area contributed by atoms with Crippen molar-refractivity contribution in [3.63, 3.8) is 0 Å². The van der Waals surface area contributed by atoms with E-state index in [1.165, 1.54) is 0 Å². The quantitative estimate of drug-likeness (QED) is 0.945. The van der Waals surface area contributed by atoms with Crippen molar-refractivity contribution in [2.75, 3.05) is 13.1 Å². The molecule has 2 unspecified atom stereocenters. The van der Waals surface area contributed by atoms with Crippen molar-refractivity contribution in [3.05, 3.63) is 42.4 Å². The lowest BCUT2D eigenvalue weighted by Gasteiger charge is -2.35. The van der Waals surface area contributed by atoms with Crippen LogP contribution in [0.4, 0.5) is 4.79 Å². The molecule has 0 bridgehead atoms. The van der Waals surface area contributed by atoms with Crippen LogP contribution in [0.2, 0.25) is 0 Å². The van der Waals surface area contributed by atoms with Gasteiger partial charge in [0.25, 0.3) is 0 Å². The summed E-state index contributed by atoms with van der Waals surface area (Å²) in [5.74, 6) is 1.19. The SMILES string of the molecule is CC1CN(C(=O)NCc2ncc(-c3ccccc3)o2)CC(C)O1. The number of hydrogen-bond acceptors (Lipinski definition) is 4. The van der Waals surface area contributed by atoms with Gasteiger partial charge >= 0.3 is 6.03 Å². The third kappa shape index (κ3) is 3.90. The molecule has 1 aliphatic heterocycles. The Morgan fingerprint density at radius 1 is 1.26 bits per heavy atom. The minimum Gasteiger partial charge on any atom is -0.439 e. The van der Waals surface area contributed by atoms with E-state index in [-0.39, 0.29) is 24.8 Å². The molecule has 23 heavy (non-hydrogen) atoms. The molecule has 0 aliphatic carbocycles. The zero-order valence-electron chi connectivity index (χ0n) is 13.4. The standard InChI is InChI=1S/C17H21N3O3/c1-12-10-20(11-13(2)22-12)17(21)19-9-16-18-8-15(23-16)14-6-4-3-5-7-14/h3-8,12-13H,9-11H2,1-2H3,(H,19,21). The summed E-state index contributed by atoms with van der Waals surface area (Å²) in [5, 5.41) is 2.85. The van der Waals surface area contributed by atoms with Gasteiger partial charge in [0.15, 0.2) is 5.76 Å². The Balaban J connectivity index is 1.56. The first-order valence-corrected chi connectivity index (χ1v) is 7.80. The Morgan fingerprint density at radius 3 is 2.65 bits per heavy atom. The van der Waals surface area contributed by atoms with Gasteiger partial charge in [-0.05, 0) is 13.8 Å². The van der Waals surface area contributed by atoms with E-state index in [2.05, 4.69) is 10.3 Å². The van der Waals surface area contributed by atoms with Crippen molar-refractivity contribution in [2.45, 2.75) is 32.6 Å². The maximum absolute atomic E-state index is 12.2. The largest absolute Gasteiger partial charge is 0.439 e. The summed E-state index contributed by atoms with van der Waals surface area (Å²) in [6, 6.07) is 9.64. The molecule has 6 nitrogen and oxygen atoms in total. The second kappa shape index (κ2) is 6.83. The molecule has 2 atom stereocenters. The second-order valence-corrected chi connectivity index (χ2v) is 5.81. The predicted octanol–water partition coefficient (Wildman–Crippen LogP) is 2.66. The minimum atomic E-state index is -0.119. The molecule has 0 spiro atoms. The van der Waals surface area contributed by atoms with Crippen molar-refractivity contribution in [2.24, 2.45) is 0 Å². The monoisotopic (exact) mass is 315 g/mol. The molecule has 6 heteroatoms. The highest BCUT2D eigenvalue weighted by atomic mass is 16.5. The van der Waals surface area contributed by atoms with Crippen LogP contribution >= 0.6 is 0 Å². The third-order valence-corrected chi connectivity index (χ3v) is 3.71. The number of hydrogen-bond donors (Lipinski definition) is 1. The Hall–Kier alpha value is -2.34. The molecule has 0 saturated carbocycles. The molecule has 122 valence electrons. The topological polar surface area (TPSA) is 67.6 Å². The van der Waals surface area contributed by atoms with Crippen LogP contribution in [0.15, 0.2) is 40.9 Å². The Kier molecular flexibility index (Phi) is 4.62. The van der Waals surface area contributed by atoms with Crippen LogP contribution in [0.25, 0.3) is 11.3 Å². The van der Waals surface area contributed by atoms with Crippen LogP contribution in [-0.4, -0.2) is 41.2 Å². The second-order valence-electron chi connectivity index (χ2n) is 5.81. The van der Waals surface area contributed by atoms with Crippen molar-refractivity contribution >= 4 is 6.03 Å².